The Morgan fingerprint density at radius 3 is 2.56 bits per heavy atom. The van der Waals surface area contributed by atoms with E-state index >= 15 is 0 Å². The standard InChI is InChI=1S/C19H29N3O3/c1-12-10-17(13(2)25-12)18(23)21-15-6-8-22(9-7-15)19(24)16-5-3-4-14(16)11-20/h10,14-16H,3-9,11,20H2,1-2H3,(H,21,23)/t14-,16-/m1/s1. The van der Waals surface area contributed by atoms with Gasteiger partial charge in [-0.3, -0.25) is 9.59 Å². The molecule has 138 valence electrons. The summed E-state index contributed by atoms with van der Waals surface area (Å²) < 4.78 is 5.43. The van der Waals surface area contributed by atoms with Crippen LogP contribution in [-0.4, -0.2) is 42.4 Å². The van der Waals surface area contributed by atoms with Crippen molar-refractivity contribution in [2.24, 2.45) is 17.6 Å². The molecule has 25 heavy (non-hydrogen) atoms. The number of aryl methyl sites for hydroxylation is 2. The van der Waals surface area contributed by atoms with Gasteiger partial charge in [0.25, 0.3) is 5.91 Å². The van der Waals surface area contributed by atoms with E-state index in [1.807, 2.05) is 11.8 Å². The van der Waals surface area contributed by atoms with Gasteiger partial charge in [0, 0.05) is 25.0 Å². The monoisotopic (exact) mass is 347 g/mol. The average Bonchev–Trinajstić information content (AvgIpc) is 3.20. The third-order valence-electron chi connectivity index (χ3n) is 5.71. The maximum absolute atomic E-state index is 12.7. The van der Waals surface area contributed by atoms with E-state index < -0.39 is 0 Å². The molecular weight excluding hydrogens is 318 g/mol. The number of hydrogen-bond donors (Lipinski definition) is 2. The molecule has 1 aromatic heterocycles. The fourth-order valence-electron chi connectivity index (χ4n) is 4.24. The molecule has 2 heterocycles. The summed E-state index contributed by atoms with van der Waals surface area (Å²) in [6.07, 6.45) is 4.74. The lowest BCUT2D eigenvalue weighted by Crippen LogP contribution is -2.48. The summed E-state index contributed by atoms with van der Waals surface area (Å²) >= 11 is 0. The first-order valence-electron chi connectivity index (χ1n) is 9.36. The molecule has 2 atom stereocenters. The van der Waals surface area contributed by atoms with Gasteiger partial charge in [0.2, 0.25) is 5.91 Å². The van der Waals surface area contributed by atoms with Crippen LogP contribution in [0.3, 0.4) is 0 Å². The van der Waals surface area contributed by atoms with Crippen LogP contribution in [0.15, 0.2) is 10.5 Å². The van der Waals surface area contributed by atoms with Gasteiger partial charge in [0.15, 0.2) is 0 Å². The zero-order chi connectivity index (χ0) is 18.0. The summed E-state index contributed by atoms with van der Waals surface area (Å²) in [5.74, 6) is 2.02. The summed E-state index contributed by atoms with van der Waals surface area (Å²) in [7, 11) is 0. The maximum atomic E-state index is 12.7. The number of furan rings is 1. The van der Waals surface area contributed by atoms with Crippen LogP contribution in [0.25, 0.3) is 0 Å². The van der Waals surface area contributed by atoms with E-state index in [0.717, 1.165) is 37.9 Å². The van der Waals surface area contributed by atoms with Crippen LogP contribution in [0.2, 0.25) is 0 Å². The third kappa shape index (κ3) is 3.89. The molecular formula is C19H29N3O3. The zero-order valence-electron chi connectivity index (χ0n) is 15.2. The number of nitrogens with zero attached hydrogens (tertiary/aromatic N) is 1. The van der Waals surface area contributed by atoms with Crippen molar-refractivity contribution < 1.29 is 14.0 Å². The number of rotatable bonds is 4. The van der Waals surface area contributed by atoms with Gasteiger partial charge in [0.1, 0.15) is 11.5 Å². The summed E-state index contributed by atoms with van der Waals surface area (Å²) in [5.41, 5.74) is 6.42. The Kier molecular flexibility index (Phi) is 5.47. The number of carbonyl (C=O) groups excluding carboxylic acids is 2. The highest BCUT2D eigenvalue weighted by molar-refractivity contribution is 5.95. The van der Waals surface area contributed by atoms with Crippen LogP contribution in [0, 0.1) is 25.7 Å². The second-order valence-electron chi connectivity index (χ2n) is 7.43. The van der Waals surface area contributed by atoms with Gasteiger partial charge in [-0.15, -0.1) is 0 Å². The molecule has 2 fully saturated rings. The molecule has 0 aromatic carbocycles. The highest BCUT2D eigenvalue weighted by Gasteiger charge is 2.36. The smallest absolute Gasteiger partial charge is 0.255 e. The molecule has 1 aliphatic heterocycles. The fraction of sp³-hybridized carbons (Fsp3) is 0.684. The first kappa shape index (κ1) is 18.0. The van der Waals surface area contributed by atoms with E-state index in [0.29, 0.717) is 36.9 Å². The first-order chi connectivity index (χ1) is 12.0. The number of amides is 2. The number of nitrogens with one attached hydrogen (secondary N) is 1. The van der Waals surface area contributed by atoms with Crippen molar-refractivity contribution in [1.29, 1.82) is 0 Å². The Labute approximate surface area is 149 Å². The lowest BCUT2D eigenvalue weighted by molar-refractivity contribution is -0.137. The van der Waals surface area contributed by atoms with Gasteiger partial charge >= 0.3 is 0 Å². The SMILES string of the molecule is Cc1cc(C(=O)NC2CCN(C(=O)[C@@H]3CCC[C@@H]3CN)CC2)c(C)o1. The van der Waals surface area contributed by atoms with Crippen LogP contribution in [-0.2, 0) is 4.79 Å². The molecule has 0 unspecified atom stereocenters. The van der Waals surface area contributed by atoms with Crippen LogP contribution in [0.5, 0.6) is 0 Å². The molecule has 1 saturated heterocycles. The van der Waals surface area contributed by atoms with Gasteiger partial charge in [-0.05, 0) is 58.1 Å². The molecule has 2 amide bonds. The largest absolute Gasteiger partial charge is 0.466 e. The Morgan fingerprint density at radius 1 is 1.24 bits per heavy atom. The van der Waals surface area contributed by atoms with E-state index in [1.165, 1.54) is 0 Å². The molecule has 1 saturated carbocycles. The highest BCUT2D eigenvalue weighted by atomic mass is 16.3. The normalized spacial score (nSPS) is 24.5. The van der Waals surface area contributed by atoms with Crippen LogP contribution in [0.4, 0.5) is 0 Å². The molecule has 0 radical (unpaired) electrons. The molecule has 1 aromatic rings. The minimum Gasteiger partial charge on any atom is -0.466 e. The predicted molar refractivity (Wildman–Crippen MR) is 95.1 cm³/mol. The predicted octanol–water partition coefficient (Wildman–Crippen LogP) is 1.99. The molecule has 2 aliphatic rings. The van der Waals surface area contributed by atoms with Crippen molar-refractivity contribution in [3.8, 4) is 0 Å². The van der Waals surface area contributed by atoms with Crippen molar-refractivity contribution >= 4 is 11.8 Å². The van der Waals surface area contributed by atoms with Gasteiger partial charge in [-0.25, -0.2) is 0 Å². The first-order valence-corrected chi connectivity index (χ1v) is 9.36. The second-order valence-corrected chi connectivity index (χ2v) is 7.43. The minimum atomic E-state index is -0.0851. The van der Waals surface area contributed by atoms with E-state index in [-0.39, 0.29) is 23.8 Å². The summed E-state index contributed by atoms with van der Waals surface area (Å²) in [5, 5.41) is 3.08. The average molecular weight is 347 g/mol. The minimum absolute atomic E-state index is 0.0851. The van der Waals surface area contributed by atoms with E-state index in [4.69, 9.17) is 10.2 Å². The van der Waals surface area contributed by atoms with Crippen LogP contribution < -0.4 is 11.1 Å². The quantitative estimate of drug-likeness (QED) is 0.872. The molecule has 6 heteroatoms. The lowest BCUT2D eigenvalue weighted by atomic mass is 9.93. The number of carbonyl (C=O) groups is 2. The summed E-state index contributed by atoms with van der Waals surface area (Å²) in [4.78, 5) is 27.1. The highest BCUT2D eigenvalue weighted by Crippen LogP contribution is 2.33. The molecule has 0 bridgehead atoms. The molecule has 0 spiro atoms. The van der Waals surface area contributed by atoms with Gasteiger partial charge in [-0.2, -0.15) is 0 Å². The zero-order valence-corrected chi connectivity index (χ0v) is 15.2. The van der Waals surface area contributed by atoms with Gasteiger partial charge in [0.05, 0.1) is 5.56 Å². The van der Waals surface area contributed by atoms with Gasteiger partial charge < -0.3 is 20.4 Å². The summed E-state index contributed by atoms with van der Waals surface area (Å²) in [6, 6.07) is 1.89. The van der Waals surface area contributed by atoms with Crippen molar-refractivity contribution in [3.63, 3.8) is 0 Å². The number of nitrogens with two attached hydrogens (primary N) is 1. The fourth-order valence-corrected chi connectivity index (χ4v) is 4.24. The molecule has 3 rings (SSSR count). The summed E-state index contributed by atoms with van der Waals surface area (Å²) in [6.45, 7) is 5.67. The van der Waals surface area contributed by atoms with E-state index in [9.17, 15) is 9.59 Å². The van der Waals surface area contributed by atoms with Crippen LogP contribution in [0.1, 0.15) is 54.0 Å². The number of likely N-dealkylation sites (tertiary alicyclic amines) is 1. The molecule has 6 nitrogen and oxygen atoms in total. The van der Waals surface area contributed by atoms with Crippen molar-refractivity contribution in [2.75, 3.05) is 19.6 Å². The maximum Gasteiger partial charge on any atom is 0.255 e. The van der Waals surface area contributed by atoms with Crippen molar-refractivity contribution in [3.05, 3.63) is 23.2 Å². The number of piperidine rings is 1. The lowest BCUT2D eigenvalue weighted by Gasteiger charge is -2.35. The van der Waals surface area contributed by atoms with Crippen LogP contribution >= 0.6 is 0 Å². The Hall–Kier alpha value is -1.82. The Balaban J connectivity index is 1.51. The van der Waals surface area contributed by atoms with Crippen molar-refractivity contribution in [1.82, 2.24) is 10.2 Å². The number of hydrogen-bond acceptors (Lipinski definition) is 4. The van der Waals surface area contributed by atoms with Gasteiger partial charge in [-0.1, -0.05) is 6.42 Å². The molecule has 3 N–H and O–H groups in total. The van der Waals surface area contributed by atoms with E-state index in [2.05, 4.69) is 5.32 Å². The van der Waals surface area contributed by atoms with E-state index in [1.54, 1.807) is 13.0 Å². The molecule has 1 aliphatic carbocycles. The van der Waals surface area contributed by atoms with Crippen molar-refractivity contribution in [2.45, 2.75) is 52.0 Å². The Bertz CT molecular complexity index is 632. The third-order valence-corrected chi connectivity index (χ3v) is 5.71. The Morgan fingerprint density at radius 2 is 1.96 bits per heavy atom. The second kappa shape index (κ2) is 7.60. The topological polar surface area (TPSA) is 88.6 Å².